The molecule has 3 N–H and O–H groups in total. The van der Waals surface area contributed by atoms with Crippen molar-refractivity contribution in [2.24, 2.45) is 0 Å². The summed E-state index contributed by atoms with van der Waals surface area (Å²) in [6, 6.07) is 6.73. The second-order valence-electron chi connectivity index (χ2n) is 6.51. The summed E-state index contributed by atoms with van der Waals surface area (Å²) in [5, 5.41) is 6.96. The highest BCUT2D eigenvalue weighted by Crippen LogP contribution is 2.24. The normalized spacial score (nSPS) is 11.7. The first kappa shape index (κ1) is 21.3. The standard InChI is InChI=1S/C20H22N4O5S/c1-11-17(18(21-2)30-24-11)20(27)29-10-16(25)23-15(19(26)28-3)8-12-9-22-14-7-5-4-6-13(12)14/h4-7,9,15,21-22H,8,10H2,1-3H3,(H,23,25)/t15-/m1/s1. The van der Waals surface area contributed by atoms with Gasteiger partial charge in [0.1, 0.15) is 16.6 Å². The molecule has 2 heterocycles. The van der Waals surface area contributed by atoms with E-state index in [1.807, 2.05) is 24.3 Å². The van der Waals surface area contributed by atoms with Crippen molar-refractivity contribution in [1.29, 1.82) is 0 Å². The highest BCUT2D eigenvalue weighted by Gasteiger charge is 2.25. The number of nitrogens with one attached hydrogen (secondary N) is 3. The van der Waals surface area contributed by atoms with Gasteiger partial charge in [0.05, 0.1) is 12.8 Å². The van der Waals surface area contributed by atoms with Gasteiger partial charge in [-0.3, -0.25) is 4.79 Å². The molecule has 9 nitrogen and oxygen atoms in total. The number of hydrogen-bond acceptors (Lipinski definition) is 8. The highest BCUT2D eigenvalue weighted by molar-refractivity contribution is 7.10. The molecule has 0 aliphatic carbocycles. The second-order valence-corrected chi connectivity index (χ2v) is 7.28. The van der Waals surface area contributed by atoms with Crippen LogP contribution in [0.1, 0.15) is 21.6 Å². The predicted molar refractivity (Wildman–Crippen MR) is 113 cm³/mol. The maximum Gasteiger partial charge on any atom is 0.343 e. The van der Waals surface area contributed by atoms with Gasteiger partial charge in [0.25, 0.3) is 5.91 Å². The van der Waals surface area contributed by atoms with Crippen LogP contribution in [0.15, 0.2) is 30.5 Å². The summed E-state index contributed by atoms with van der Waals surface area (Å²) >= 11 is 1.13. The molecule has 158 valence electrons. The molecule has 10 heteroatoms. The number of hydrogen-bond donors (Lipinski definition) is 3. The quantitative estimate of drug-likeness (QED) is 0.467. The fraction of sp³-hybridized carbons (Fsp3) is 0.300. The first-order chi connectivity index (χ1) is 14.4. The molecule has 0 spiro atoms. The number of aromatic amines is 1. The Morgan fingerprint density at radius 2 is 2.03 bits per heavy atom. The summed E-state index contributed by atoms with van der Waals surface area (Å²) in [5.74, 6) is -1.85. The van der Waals surface area contributed by atoms with Crippen LogP contribution in [0.4, 0.5) is 5.00 Å². The van der Waals surface area contributed by atoms with Crippen molar-refractivity contribution >= 4 is 45.3 Å². The Labute approximate surface area is 176 Å². The van der Waals surface area contributed by atoms with Crippen LogP contribution in [0.2, 0.25) is 0 Å². The number of rotatable bonds is 8. The fourth-order valence-electron chi connectivity index (χ4n) is 3.08. The molecule has 0 fully saturated rings. The Bertz CT molecular complexity index is 1070. The van der Waals surface area contributed by atoms with E-state index in [0.717, 1.165) is 28.0 Å². The number of carbonyl (C=O) groups excluding carboxylic acids is 3. The lowest BCUT2D eigenvalue weighted by Crippen LogP contribution is -2.44. The molecule has 3 rings (SSSR count). The van der Waals surface area contributed by atoms with Gasteiger partial charge >= 0.3 is 11.9 Å². The molecule has 0 bridgehead atoms. The van der Waals surface area contributed by atoms with Crippen molar-refractivity contribution < 1.29 is 23.9 Å². The van der Waals surface area contributed by atoms with Gasteiger partial charge in [-0.25, -0.2) is 9.59 Å². The number of aromatic nitrogens is 2. The van der Waals surface area contributed by atoms with Gasteiger partial charge in [0.15, 0.2) is 6.61 Å². The minimum Gasteiger partial charge on any atom is -0.467 e. The van der Waals surface area contributed by atoms with Gasteiger partial charge in [0.2, 0.25) is 0 Å². The summed E-state index contributed by atoms with van der Waals surface area (Å²) in [5.41, 5.74) is 2.59. The van der Waals surface area contributed by atoms with Crippen molar-refractivity contribution in [3.63, 3.8) is 0 Å². The zero-order valence-electron chi connectivity index (χ0n) is 16.8. The lowest BCUT2D eigenvalue weighted by Gasteiger charge is -2.16. The minimum atomic E-state index is -0.919. The van der Waals surface area contributed by atoms with Gasteiger partial charge < -0.3 is 25.1 Å². The minimum absolute atomic E-state index is 0.230. The number of methoxy groups -OCH3 is 1. The molecular formula is C20H22N4O5S. The van der Waals surface area contributed by atoms with E-state index in [2.05, 4.69) is 20.0 Å². The number of para-hydroxylation sites is 1. The zero-order valence-corrected chi connectivity index (χ0v) is 17.6. The molecule has 0 saturated carbocycles. The molecule has 2 aromatic heterocycles. The second kappa shape index (κ2) is 9.40. The Hall–Kier alpha value is -3.40. The molecule has 0 radical (unpaired) electrons. The van der Waals surface area contributed by atoms with Crippen LogP contribution in [0.3, 0.4) is 0 Å². The first-order valence-electron chi connectivity index (χ1n) is 9.18. The Morgan fingerprint density at radius 3 is 2.77 bits per heavy atom. The molecule has 30 heavy (non-hydrogen) atoms. The number of ether oxygens (including phenoxy) is 2. The lowest BCUT2D eigenvalue weighted by atomic mass is 10.0. The molecule has 0 unspecified atom stereocenters. The number of esters is 2. The van der Waals surface area contributed by atoms with E-state index in [1.54, 1.807) is 20.2 Å². The Balaban J connectivity index is 1.65. The van der Waals surface area contributed by atoms with Crippen LogP contribution < -0.4 is 10.6 Å². The number of anilines is 1. The van der Waals surface area contributed by atoms with Gasteiger partial charge in [0, 0.05) is 30.6 Å². The molecule has 1 amide bonds. The molecule has 1 atom stereocenters. The van der Waals surface area contributed by atoms with Crippen LogP contribution in [0.25, 0.3) is 10.9 Å². The average Bonchev–Trinajstić information content (AvgIpc) is 3.34. The molecule has 0 aliphatic rings. The van der Waals surface area contributed by atoms with Crippen LogP contribution in [0, 0.1) is 6.92 Å². The average molecular weight is 430 g/mol. The third-order valence-electron chi connectivity index (χ3n) is 4.55. The van der Waals surface area contributed by atoms with Gasteiger partial charge in [-0.1, -0.05) is 18.2 Å². The van der Waals surface area contributed by atoms with Crippen LogP contribution in [-0.2, 0) is 25.5 Å². The van der Waals surface area contributed by atoms with Gasteiger partial charge in [-0.2, -0.15) is 4.37 Å². The molecule has 0 aliphatic heterocycles. The molecule has 1 aromatic carbocycles. The summed E-state index contributed by atoms with van der Waals surface area (Å²) in [6.07, 6.45) is 2.02. The van der Waals surface area contributed by atoms with E-state index in [4.69, 9.17) is 9.47 Å². The van der Waals surface area contributed by atoms with E-state index < -0.39 is 30.5 Å². The lowest BCUT2D eigenvalue weighted by molar-refractivity contribution is -0.145. The van der Waals surface area contributed by atoms with E-state index in [-0.39, 0.29) is 6.42 Å². The number of H-pyrrole nitrogens is 1. The van der Waals surface area contributed by atoms with Gasteiger partial charge in [-0.15, -0.1) is 0 Å². The Morgan fingerprint density at radius 1 is 1.27 bits per heavy atom. The van der Waals surface area contributed by atoms with E-state index in [1.165, 1.54) is 7.11 Å². The Kier molecular flexibility index (Phi) is 6.68. The third kappa shape index (κ3) is 4.60. The number of fused-ring (bicyclic) bond motifs is 1. The van der Waals surface area contributed by atoms with E-state index >= 15 is 0 Å². The first-order valence-corrected chi connectivity index (χ1v) is 9.95. The summed E-state index contributed by atoms with van der Waals surface area (Å²) < 4.78 is 14.0. The summed E-state index contributed by atoms with van der Waals surface area (Å²) in [4.78, 5) is 40.0. The number of benzene rings is 1. The third-order valence-corrected chi connectivity index (χ3v) is 5.50. The largest absolute Gasteiger partial charge is 0.467 e. The highest BCUT2D eigenvalue weighted by atomic mass is 32.1. The van der Waals surface area contributed by atoms with Crippen molar-refractivity contribution in [3.8, 4) is 0 Å². The number of nitrogens with zero attached hydrogens (tertiary/aromatic N) is 1. The van der Waals surface area contributed by atoms with Crippen LogP contribution >= 0.6 is 11.5 Å². The molecular weight excluding hydrogens is 408 g/mol. The topological polar surface area (TPSA) is 122 Å². The van der Waals surface area contributed by atoms with Crippen molar-refractivity contribution in [1.82, 2.24) is 14.7 Å². The monoisotopic (exact) mass is 430 g/mol. The number of carbonyl (C=O) groups is 3. The number of aryl methyl sites for hydroxylation is 1. The van der Waals surface area contributed by atoms with Crippen molar-refractivity contribution in [2.75, 3.05) is 26.1 Å². The smallest absolute Gasteiger partial charge is 0.343 e. The maximum absolute atomic E-state index is 12.3. The maximum atomic E-state index is 12.3. The summed E-state index contributed by atoms with van der Waals surface area (Å²) in [7, 11) is 2.92. The van der Waals surface area contributed by atoms with Crippen molar-refractivity contribution in [2.45, 2.75) is 19.4 Å². The molecule has 3 aromatic rings. The predicted octanol–water partition coefficient (Wildman–Crippen LogP) is 2.03. The van der Waals surface area contributed by atoms with Gasteiger partial charge in [-0.05, 0) is 30.1 Å². The summed E-state index contributed by atoms with van der Waals surface area (Å²) in [6.45, 7) is 1.15. The number of amides is 1. The van der Waals surface area contributed by atoms with E-state index in [0.29, 0.717) is 16.3 Å². The molecule has 0 saturated heterocycles. The fourth-order valence-corrected chi connectivity index (χ4v) is 3.81. The van der Waals surface area contributed by atoms with Crippen LogP contribution in [-0.4, -0.2) is 54.0 Å². The van der Waals surface area contributed by atoms with Crippen LogP contribution in [0.5, 0.6) is 0 Å². The zero-order chi connectivity index (χ0) is 21.7. The van der Waals surface area contributed by atoms with Crippen molar-refractivity contribution in [3.05, 3.63) is 47.3 Å². The van der Waals surface area contributed by atoms with E-state index in [9.17, 15) is 14.4 Å². The SMILES string of the molecule is CNc1snc(C)c1C(=O)OCC(=O)N[C@H](Cc1c[nH]c2ccccc12)C(=O)OC.